The van der Waals surface area contributed by atoms with Crippen molar-refractivity contribution >= 4 is 0 Å². The van der Waals surface area contributed by atoms with Crippen molar-refractivity contribution in [2.24, 2.45) is 0 Å². The maximum atomic E-state index is 9.87. The van der Waals surface area contributed by atoms with Crippen molar-refractivity contribution in [2.75, 3.05) is 7.11 Å². The zero-order valence-electron chi connectivity index (χ0n) is 12.3. The number of nitrogens with one attached hydrogen (secondary N) is 1. The van der Waals surface area contributed by atoms with Crippen LogP contribution in [0.25, 0.3) is 0 Å². The fourth-order valence-corrected chi connectivity index (χ4v) is 2.17. The van der Waals surface area contributed by atoms with E-state index in [1.807, 2.05) is 37.3 Å². The summed E-state index contributed by atoms with van der Waals surface area (Å²) in [5.74, 6) is 0.971. The molecule has 2 aromatic rings. The summed E-state index contributed by atoms with van der Waals surface area (Å²) in [6, 6.07) is 13.1. The molecule has 4 heteroatoms. The van der Waals surface area contributed by atoms with Crippen LogP contribution in [0.4, 0.5) is 0 Å². The molecule has 4 nitrogen and oxygen atoms in total. The summed E-state index contributed by atoms with van der Waals surface area (Å²) in [5, 5.41) is 22.4. The van der Waals surface area contributed by atoms with Gasteiger partial charge in [-0.1, -0.05) is 24.3 Å². The van der Waals surface area contributed by atoms with Crippen molar-refractivity contribution < 1.29 is 14.9 Å². The predicted molar refractivity (Wildman–Crippen MR) is 82.3 cm³/mol. The third-order valence-electron chi connectivity index (χ3n) is 3.52. The second-order valence-corrected chi connectivity index (χ2v) is 5.00. The first-order valence-corrected chi connectivity index (χ1v) is 6.93. The highest BCUT2D eigenvalue weighted by molar-refractivity contribution is 5.39. The molecule has 0 saturated heterocycles. The lowest BCUT2D eigenvalue weighted by Gasteiger charge is -2.16. The van der Waals surface area contributed by atoms with Crippen molar-refractivity contribution in [1.29, 1.82) is 0 Å². The minimum Gasteiger partial charge on any atom is -0.508 e. The normalized spacial score (nSPS) is 12.1. The summed E-state index contributed by atoms with van der Waals surface area (Å²) in [6.45, 7) is 2.62. The molecule has 21 heavy (non-hydrogen) atoms. The highest BCUT2D eigenvalue weighted by atomic mass is 16.5. The highest BCUT2D eigenvalue weighted by Gasteiger charge is 2.08. The number of rotatable bonds is 6. The maximum Gasteiger partial charge on any atom is 0.120 e. The van der Waals surface area contributed by atoms with Gasteiger partial charge in [0, 0.05) is 18.2 Å². The first kappa shape index (κ1) is 15.4. The standard InChI is InChI=1S/C17H21NO3/c1-12(14-5-3-4-13(8-14)11-19)18-10-15-9-16(21-2)6-7-17(15)20/h3-9,12,18-20H,10-11H2,1-2H3. The molecule has 0 aromatic heterocycles. The molecule has 1 unspecified atom stereocenters. The Kier molecular flexibility index (Phi) is 5.20. The third kappa shape index (κ3) is 3.97. The molecule has 0 aliphatic heterocycles. The van der Waals surface area contributed by atoms with Gasteiger partial charge in [0.25, 0.3) is 0 Å². The predicted octanol–water partition coefficient (Wildman–Crippen LogP) is 2.74. The van der Waals surface area contributed by atoms with Crippen molar-refractivity contribution in [1.82, 2.24) is 5.32 Å². The number of phenols is 1. The fourth-order valence-electron chi connectivity index (χ4n) is 2.17. The van der Waals surface area contributed by atoms with Crippen molar-refractivity contribution in [3.05, 3.63) is 59.2 Å². The van der Waals surface area contributed by atoms with Crippen molar-refractivity contribution in [2.45, 2.75) is 26.1 Å². The molecule has 0 fully saturated rings. The lowest BCUT2D eigenvalue weighted by molar-refractivity contribution is 0.281. The molecule has 3 N–H and O–H groups in total. The van der Waals surface area contributed by atoms with E-state index in [0.29, 0.717) is 6.54 Å². The number of methoxy groups -OCH3 is 1. The van der Waals surface area contributed by atoms with E-state index in [2.05, 4.69) is 5.32 Å². The summed E-state index contributed by atoms with van der Waals surface area (Å²) < 4.78 is 5.16. The molecule has 0 heterocycles. The number of hydrogen-bond donors (Lipinski definition) is 3. The minimum absolute atomic E-state index is 0.0389. The van der Waals surface area contributed by atoms with Crippen LogP contribution in [0.1, 0.15) is 29.7 Å². The van der Waals surface area contributed by atoms with Gasteiger partial charge < -0.3 is 20.3 Å². The lowest BCUT2D eigenvalue weighted by Crippen LogP contribution is -2.18. The van der Waals surface area contributed by atoms with Crippen molar-refractivity contribution in [3.63, 3.8) is 0 Å². The van der Waals surface area contributed by atoms with E-state index in [4.69, 9.17) is 4.74 Å². The van der Waals surface area contributed by atoms with Gasteiger partial charge in [0.05, 0.1) is 13.7 Å². The number of benzene rings is 2. The Morgan fingerprint density at radius 3 is 2.71 bits per heavy atom. The first-order chi connectivity index (χ1) is 10.1. The van der Waals surface area contributed by atoms with Crippen LogP contribution in [-0.2, 0) is 13.2 Å². The molecule has 2 rings (SSSR count). The van der Waals surface area contributed by atoms with Gasteiger partial charge in [0.2, 0.25) is 0 Å². The number of aliphatic hydroxyl groups is 1. The Balaban J connectivity index is 2.05. The summed E-state index contributed by atoms with van der Waals surface area (Å²) in [4.78, 5) is 0. The average molecular weight is 287 g/mol. The van der Waals surface area contributed by atoms with Gasteiger partial charge in [0.1, 0.15) is 11.5 Å². The largest absolute Gasteiger partial charge is 0.508 e. The van der Waals surface area contributed by atoms with E-state index in [0.717, 1.165) is 22.4 Å². The van der Waals surface area contributed by atoms with Gasteiger partial charge >= 0.3 is 0 Å². The SMILES string of the molecule is COc1ccc(O)c(CNC(C)c2cccc(CO)c2)c1. The molecular weight excluding hydrogens is 266 g/mol. The first-order valence-electron chi connectivity index (χ1n) is 6.93. The zero-order valence-corrected chi connectivity index (χ0v) is 12.3. The Labute approximate surface area is 125 Å². The van der Waals surface area contributed by atoms with Crippen LogP contribution in [0.15, 0.2) is 42.5 Å². The average Bonchev–Trinajstić information content (AvgIpc) is 2.53. The number of aromatic hydroxyl groups is 1. The van der Waals surface area contributed by atoms with Crippen LogP contribution >= 0.6 is 0 Å². The monoisotopic (exact) mass is 287 g/mol. The van der Waals surface area contributed by atoms with E-state index < -0.39 is 0 Å². The van der Waals surface area contributed by atoms with Crippen LogP contribution in [0, 0.1) is 0 Å². The van der Waals surface area contributed by atoms with Gasteiger partial charge in [-0.2, -0.15) is 0 Å². The van der Waals surface area contributed by atoms with Crippen LogP contribution in [-0.4, -0.2) is 17.3 Å². The molecule has 1 atom stereocenters. The molecular formula is C17H21NO3. The quantitative estimate of drug-likeness (QED) is 0.764. The summed E-state index contributed by atoms with van der Waals surface area (Å²) in [6.07, 6.45) is 0. The van der Waals surface area contributed by atoms with Crippen LogP contribution in [0.2, 0.25) is 0 Å². The van der Waals surface area contributed by atoms with E-state index >= 15 is 0 Å². The highest BCUT2D eigenvalue weighted by Crippen LogP contribution is 2.23. The van der Waals surface area contributed by atoms with E-state index in [-0.39, 0.29) is 18.4 Å². The molecule has 0 aliphatic rings. The maximum absolute atomic E-state index is 9.87. The lowest BCUT2D eigenvalue weighted by atomic mass is 10.0. The van der Waals surface area contributed by atoms with Gasteiger partial charge in [-0.05, 0) is 36.2 Å². The molecule has 0 bridgehead atoms. The van der Waals surface area contributed by atoms with E-state index in [1.54, 1.807) is 19.2 Å². The van der Waals surface area contributed by atoms with Crippen LogP contribution in [0.5, 0.6) is 11.5 Å². The van der Waals surface area contributed by atoms with Crippen molar-refractivity contribution in [3.8, 4) is 11.5 Å². The molecule has 2 aromatic carbocycles. The van der Waals surface area contributed by atoms with Crippen LogP contribution in [0.3, 0.4) is 0 Å². The Hall–Kier alpha value is -2.04. The summed E-state index contributed by atoms with van der Waals surface area (Å²) >= 11 is 0. The second-order valence-electron chi connectivity index (χ2n) is 5.00. The molecule has 0 aliphatic carbocycles. The Morgan fingerprint density at radius 2 is 2.00 bits per heavy atom. The van der Waals surface area contributed by atoms with E-state index in [1.165, 1.54) is 0 Å². The third-order valence-corrected chi connectivity index (χ3v) is 3.52. The fraction of sp³-hybridized carbons (Fsp3) is 0.294. The molecule has 112 valence electrons. The van der Waals surface area contributed by atoms with Gasteiger partial charge in [-0.15, -0.1) is 0 Å². The van der Waals surface area contributed by atoms with Gasteiger partial charge in [0.15, 0.2) is 0 Å². The minimum atomic E-state index is 0.0389. The molecule has 0 radical (unpaired) electrons. The topological polar surface area (TPSA) is 61.7 Å². The summed E-state index contributed by atoms with van der Waals surface area (Å²) in [5.41, 5.74) is 2.79. The number of ether oxygens (including phenoxy) is 1. The van der Waals surface area contributed by atoms with Gasteiger partial charge in [-0.25, -0.2) is 0 Å². The summed E-state index contributed by atoms with van der Waals surface area (Å²) in [7, 11) is 1.60. The van der Waals surface area contributed by atoms with Crippen LogP contribution < -0.4 is 10.1 Å². The Morgan fingerprint density at radius 1 is 1.19 bits per heavy atom. The number of phenolic OH excluding ortho intramolecular Hbond substituents is 1. The zero-order chi connectivity index (χ0) is 15.2. The second kappa shape index (κ2) is 7.11. The molecule has 0 amide bonds. The Bertz CT molecular complexity index is 598. The number of hydrogen-bond acceptors (Lipinski definition) is 4. The number of aliphatic hydroxyl groups excluding tert-OH is 1. The van der Waals surface area contributed by atoms with Gasteiger partial charge in [-0.3, -0.25) is 0 Å². The molecule has 0 saturated carbocycles. The molecule has 0 spiro atoms. The smallest absolute Gasteiger partial charge is 0.120 e. The van der Waals surface area contributed by atoms with E-state index in [9.17, 15) is 10.2 Å².